The highest BCUT2D eigenvalue weighted by Gasteiger charge is 2.33. The van der Waals surface area contributed by atoms with Crippen molar-refractivity contribution in [3.05, 3.63) is 262 Å². The fraction of sp³-hybridized carbons (Fsp3) is 0.514. The summed E-state index contributed by atoms with van der Waals surface area (Å²) in [4.78, 5) is 0. The predicted molar refractivity (Wildman–Crippen MR) is 516 cm³/mol. The highest BCUT2D eigenvalue weighted by atomic mass is 19.4. The average Bonchev–Trinajstić information content (AvgIpc) is 0.795. The second-order valence-electron chi connectivity index (χ2n) is 31.4. The molecule has 0 bridgehead atoms. The summed E-state index contributed by atoms with van der Waals surface area (Å²) < 4.78 is 159. The molecule has 8 aromatic rings. The monoisotopic (exact) mass is 1820 g/mol. The maximum absolute atomic E-state index is 14.0. The lowest BCUT2D eigenvalue weighted by molar-refractivity contribution is -0.137. The van der Waals surface area contributed by atoms with Gasteiger partial charge in [-0.3, -0.25) is 0 Å². The van der Waals surface area contributed by atoms with E-state index in [0.717, 1.165) is 89.7 Å². The molecule has 0 aliphatic carbocycles. The highest BCUT2D eigenvalue weighted by Crippen LogP contribution is 2.38. The van der Waals surface area contributed by atoms with Crippen LogP contribution in [0.3, 0.4) is 0 Å². The predicted octanol–water partition coefficient (Wildman–Crippen LogP) is 26.8. The van der Waals surface area contributed by atoms with Gasteiger partial charge in [-0.15, -0.1) is 0 Å². The number of alkyl halides is 3. The Hall–Kier alpha value is -9.40. The summed E-state index contributed by atoms with van der Waals surface area (Å²) in [5, 5.41) is 0. The maximum atomic E-state index is 14.0. The lowest BCUT2D eigenvalue weighted by atomic mass is 9.82. The molecule has 0 saturated heterocycles. The fourth-order valence-electron chi connectivity index (χ4n) is 12.7. The molecule has 0 fully saturated rings. The van der Waals surface area contributed by atoms with Crippen molar-refractivity contribution >= 4 is 0 Å². The summed E-state index contributed by atoms with van der Waals surface area (Å²) in [5.41, 5.74) is 10.7. The molecule has 8 rings (SSSR count). The normalized spacial score (nSPS) is 11.4. The Kier molecular flexibility index (Phi) is 61.8. The number of benzene rings is 8. The van der Waals surface area contributed by atoms with Gasteiger partial charge in [-0.2, -0.15) is 13.2 Å². The van der Waals surface area contributed by atoms with Crippen LogP contribution in [-0.2, 0) is 122 Å². The lowest BCUT2D eigenvalue weighted by Gasteiger charge is -2.23. The van der Waals surface area contributed by atoms with E-state index >= 15 is 0 Å². The van der Waals surface area contributed by atoms with Crippen LogP contribution in [-0.4, -0.2) is 128 Å². The second kappa shape index (κ2) is 67.7. The molecule has 0 aliphatic heterocycles. The van der Waals surface area contributed by atoms with E-state index in [4.69, 9.17) is 90.0 Å². The minimum atomic E-state index is -4.54. The maximum Gasteiger partial charge on any atom is 0.416 e. The molecule has 8 aromatic carbocycles. The second-order valence-corrected chi connectivity index (χ2v) is 31.4. The number of rotatable bonds is 59. The van der Waals surface area contributed by atoms with E-state index in [-0.39, 0.29) is 123 Å². The topological polar surface area (TPSA) is 175 Å². The molecule has 2 unspecified atom stereocenters. The third-order valence-electron chi connectivity index (χ3n) is 21.2. The van der Waals surface area contributed by atoms with E-state index in [0.29, 0.717) is 114 Å². The molecular weight excluding hydrogens is 1670 g/mol. The van der Waals surface area contributed by atoms with Gasteiger partial charge in [0.15, 0.2) is 0 Å². The number of hydrogen-bond donors (Lipinski definition) is 0. The van der Waals surface area contributed by atoms with Gasteiger partial charge in [0.25, 0.3) is 0 Å². The standard InChI is InChI=1S/C32H50O6.C26H35F3O6.C25H31FO4.C20H26O3.4CH4/c1-6-8-9-10-11-27-22-29(24-35-18-16-33-4)32(30(23-27)25-36-19-17-34-5)38-21-20-37-31-14-12-28(13-15-31)26(3)7-2;1-6-25(2,3)21-7-9-23(10-8-21)34-11-12-35-24-19(15-32-17-30-4)13-22(26(27,28)29)14-20(24)16-33-18-31-5;1-6-25(4,5)21-9-11-23(12-10-21)29-13-14-30-24-19(17-27-7-2)15-22(26)16-20(24)18-28-8-3;1-4-16(2)18-7-11-20(12-8-18)23-14-13-22-19-9-5-17(6-10-19)15-21-3;;;;/h12-15,22-23,26H,6-11,16-21,24-25H2,1-5H3;7-10,13-14H,6,11-12,15-18H2,1-5H3;7-12,15-16H,2-3,6,13-14,17-18H2,1,4-5H3;5-12,16H,4,13-15H2,1-3H3;4*1H4. The number of methoxy groups -OCH3 is 5. The Balaban J connectivity index is 0.000000869. The zero-order chi connectivity index (χ0) is 91.8. The van der Waals surface area contributed by atoms with Gasteiger partial charge in [0.1, 0.15) is 131 Å². The van der Waals surface area contributed by atoms with Gasteiger partial charge in [0, 0.05) is 68.9 Å². The summed E-state index contributed by atoms with van der Waals surface area (Å²) in [6, 6.07) is 49.9. The van der Waals surface area contributed by atoms with Crippen LogP contribution < -0.4 is 37.9 Å². The molecule has 728 valence electrons. The minimum Gasteiger partial charge on any atom is -0.497 e. The van der Waals surface area contributed by atoms with Crippen LogP contribution >= 0.6 is 0 Å². The van der Waals surface area contributed by atoms with Gasteiger partial charge in [0.2, 0.25) is 0 Å². The van der Waals surface area contributed by atoms with Crippen molar-refractivity contribution in [1.29, 1.82) is 0 Å². The molecule has 0 aromatic heterocycles. The largest absolute Gasteiger partial charge is 0.497 e. The Morgan fingerprint density at radius 3 is 0.962 bits per heavy atom. The first-order chi connectivity index (χ1) is 60.9. The van der Waals surface area contributed by atoms with Gasteiger partial charge in [-0.25, -0.2) is 4.39 Å². The van der Waals surface area contributed by atoms with Crippen LogP contribution in [0.4, 0.5) is 17.6 Å². The van der Waals surface area contributed by atoms with E-state index in [2.05, 4.69) is 138 Å². The van der Waals surface area contributed by atoms with Crippen molar-refractivity contribution in [1.82, 2.24) is 0 Å². The van der Waals surface area contributed by atoms with E-state index in [1.165, 1.54) is 92.4 Å². The SMILES string of the molecule is C.C.C.C.C=COCc1cc(F)cc(COC=C)c1OCCOc1ccc(C(C)(C)CC)cc1.CCC(C)(C)c1ccc(OCCOc2c(COCOC)cc(C(F)(F)F)cc2COCOC)cc1.CCC(C)c1ccc(OCCOc2ccc(COC)cc2)cc1.CCCCCCc1cc(COCCOC)c(OCCOc2ccc(C(C)CC)cc2)c(COCCOC)c1. The van der Waals surface area contributed by atoms with Crippen LogP contribution in [0.2, 0.25) is 0 Å². The smallest absolute Gasteiger partial charge is 0.416 e. The van der Waals surface area contributed by atoms with Crippen LogP contribution in [0.5, 0.6) is 46.0 Å². The van der Waals surface area contributed by atoms with Crippen molar-refractivity contribution in [3.63, 3.8) is 0 Å². The Labute approximate surface area is 778 Å². The van der Waals surface area contributed by atoms with E-state index < -0.39 is 11.7 Å². The molecule has 2 atom stereocenters. The lowest BCUT2D eigenvalue weighted by Crippen LogP contribution is -2.16. The molecule has 19 nitrogen and oxygen atoms in total. The van der Waals surface area contributed by atoms with Crippen LogP contribution in [0, 0.1) is 5.82 Å². The van der Waals surface area contributed by atoms with Crippen molar-refractivity contribution in [2.24, 2.45) is 0 Å². The summed E-state index contributed by atoms with van der Waals surface area (Å²) in [7, 11) is 7.92. The van der Waals surface area contributed by atoms with E-state index in [1.807, 2.05) is 84.9 Å². The number of aryl methyl sites for hydroxylation is 1. The number of unbranched alkanes of at least 4 members (excludes halogenated alkanes) is 3. The molecular formula is C107H158F4O19. The molecule has 0 heterocycles. The molecule has 0 radical (unpaired) electrons. The van der Waals surface area contributed by atoms with E-state index in [1.54, 1.807) is 21.3 Å². The van der Waals surface area contributed by atoms with Gasteiger partial charge in [-0.1, -0.05) is 199 Å². The molecule has 0 N–H and O–H groups in total. The Morgan fingerprint density at radius 1 is 0.331 bits per heavy atom. The Morgan fingerprint density at radius 2 is 0.654 bits per heavy atom. The summed E-state index contributed by atoms with van der Waals surface area (Å²) in [6.45, 7) is 37.8. The molecule has 23 heteroatoms. The number of ether oxygens (including phenoxy) is 19. The van der Waals surface area contributed by atoms with Crippen LogP contribution in [0.1, 0.15) is 241 Å². The van der Waals surface area contributed by atoms with Crippen LogP contribution in [0.25, 0.3) is 0 Å². The van der Waals surface area contributed by atoms with Gasteiger partial charge in [-0.05, 0) is 192 Å². The van der Waals surface area contributed by atoms with Gasteiger partial charge < -0.3 is 90.0 Å². The summed E-state index contributed by atoms with van der Waals surface area (Å²) in [5.74, 6) is 6.41. The average molecular weight is 1820 g/mol. The number of hydrogen-bond acceptors (Lipinski definition) is 19. The first kappa shape index (κ1) is 119. The molecule has 0 amide bonds. The van der Waals surface area contributed by atoms with Gasteiger partial charge in [0.05, 0.1) is 77.5 Å². The van der Waals surface area contributed by atoms with Crippen LogP contribution in [0.15, 0.2) is 183 Å². The van der Waals surface area contributed by atoms with Crippen molar-refractivity contribution in [3.8, 4) is 46.0 Å². The summed E-state index contributed by atoms with van der Waals surface area (Å²) >= 11 is 0. The van der Waals surface area contributed by atoms with Crippen molar-refractivity contribution in [2.75, 3.05) is 128 Å². The zero-order valence-electron chi connectivity index (χ0n) is 77.7. The van der Waals surface area contributed by atoms with Crippen molar-refractivity contribution < 1.29 is 108 Å². The van der Waals surface area contributed by atoms with E-state index in [9.17, 15) is 17.6 Å². The third kappa shape index (κ3) is 44.7. The molecule has 0 saturated carbocycles. The van der Waals surface area contributed by atoms with Crippen molar-refractivity contribution in [2.45, 2.75) is 239 Å². The first-order valence-electron chi connectivity index (χ1n) is 43.8. The Bertz CT molecular complexity index is 4140. The minimum absolute atomic E-state index is 0. The molecule has 0 spiro atoms. The highest BCUT2D eigenvalue weighted by molar-refractivity contribution is 5.47. The number of halogens is 4. The molecule has 130 heavy (non-hydrogen) atoms. The molecule has 0 aliphatic rings. The quantitative estimate of drug-likeness (QED) is 0.0152. The zero-order valence-corrected chi connectivity index (χ0v) is 77.7. The fourth-order valence-corrected chi connectivity index (χ4v) is 12.7. The van der Waals surface area contributed by atoms with Gasteiger partial charge >= 0.3 is 6.18 Å². The first-order valence-corrected chi connectivity index (χ1v) is 43.8. The third-order valence-corrected chi connectivity index (χ3v) is 21.2. The summed E-state index contributed by atoms with van der Waals surface area (Å²) in [6.07, 6.45) is 8.37.